The Labute approximate surface area is 124 Å². The van der Waals surface area contributed by atoms with Crippen LogP contribution in [0.3, 0.4) is 0 Å². The quantitative estimate of drug-likeness (QED) is 0.379. The minimum Gasteiger partial charge on any atom is -0.409 e. The Morgan fingerprint density at radius 2 is 2.33 bits per heavy atom. The number of fused-ring (bicyclic) bond motifs is 1. The van der Waals surface area contributed by atoms with Crippen LogP contribution < -0.4 is 5.73 Å². The number of hydrogen-bond acceptors (Lipinski definition) is 5. The van der Waals surface area contributed by atoms with Gasteiger partial charge in [-0.25, -0.2) is 0 Å². The standard InChI is InChI=1S/C15H22N4O2/c16-15(18-20)12-9-11(5-6-17-12)10-19-7-8-21-14-4-2-1-3-13(14)19/h5-6,9,13-14,20H,1-4,7-8,10H2,(H2,16,18). The van der Waals surface area contributed by atoms with Crippen molar-refractivity contribution in [3.05, 3.63) is 29.6 Å². The summed E-state index contributed by atoms with van der Waals surface area (Å²) in [5, 5.41) is 11.8. The molecule has 2 atom stereocenters. The van der Waals surface area contributed by atoms with Crippen molar-refractivity contribution in [3.8, 4) is 0 Å². The summed E-state index contributed by atoms with van der Waals surface area (Å²) >= 11 is 0. The van der Waals surface area contributed by atoms with Gasteiger partial charge < -0.3 is 15.7 Å². The maximum atomic E-state index is 8.75. The molecule has 3 rings (SSSR count). The minimum absolute atomic E-state index is 0.0503. The van der Waals surface area contributed by atoms with E-state index in [1.807, 2.05) is 12.1 Å². The van der Waals surface area contributed by atoms with E-state index >= 15 is 0 Å². The lowest BCUT2D eigenvalue weighted by molar-refractivity contribution is -0.0911. The highest BCUT2D eigenvalue weighted by Crippen LogP contribution is 2.29. The molecule has 0 bridgehead atoms. The lowest BCUT2D eigenvalue weighted by Gasteiger charge is -2.43. The fraction of sp³-hybridized carbons (Fsp3) is 0.600. The van der Waals surface area contributed by atoms with Crippen LogP contribution in [0.15, 0.2) is 23.5 Å². The van der Waals surface area contributed by atoms with Gasteiger partial charge in [0.1, 0.15) is 5.69 Å². The third-order valence-electron chi connectivity index (χ3n) is 4.43. The maximum absolute atomic E-state index is 8.75. The first-order valence-corrected chi connectivity index (χ1v) is 7.56. The lowest BCUT2D eigenvalue weighted by Crippen LogP contribution is -2.52. The number of aromatic nitrogens is 1. The van der Waals surface area contributed by atoms with Crippen LogP contribution in [-0.2, 0) is 11.3 Å². The van der Waals surface area contributed by atoms with Gasteiger partial charge in [-0.2, -0.15) is 0 Å². The third-order valence-corrected chi connectivity index (χ3v) is 4.43. The van der Waals surface area contributed by atoms with Crippen molar-refractivity contribution < 1.29 is 9.94 Å². The van der Waals surface area contributed by atoms with Gasteiger partial charge >= 0.3 is 0 Å². The summed E-state index contributed by atoms with van der Waals surface area (Å²) in [5.74, 6) is 0.0503. The predicted octanol–water partition coefficient (Wildman–Crippen LogP) is 1.32. The molecule has 114 valence electrons. The van der Waals surface area contributed by atoms with E-state index in [0.717, 1.165) is 25.3 Å². The summed E-state index contributed by atoms with van der Waals surface area (Å²) in [7, 11) is 0. The van der Waals surface area contributed by atoms with Gasteiger partial charge in [-0.3, -0.25) is 9.88 Å². The van der Waals surface area contributed by atoms with Crippen molar-refractivity contribution in [2.24, 2.45) is 10.9 Å². The molecule has 0 radical (unpaired) electrons. The Balaban J connectivity index is 1.73. The van der Waals surface area contributed by atoms with Gasteiger partial charge in [-0.15, -0.1) is 0 Å². The highest BCUT2D eigenvalue weighted by atomic mass is 16.5. The molecule has 1 aromatic heterocycles. The smallest absolute Gasteiger partial charge is 0.188 e. The maximum Gasteiger partial charge on any atom is 0.188 e. The molecule has 2 fully saturated rings. The SMILES string of the molecule is NC(=NO)c1cc(CN2CCOC3CCCCC32)ccn1. The van der Waals surface area contributed by atoms with Gasteiger partial charge in [-0.05, 0) is 30.5 Å². The largest absolute Gasteiger partial charge is 0.409 e. The number of pyridine rings is 1. The summed E-state index contributed by atoms with van der Waals surface area (Å²) in [6.45, 7) is 2.63. The topological polar surface area (TPSA) is 84.0 Å². The molecule has 1 aliphatic heterocycles. The number of rotatable bonds is 3. The number of morpholine rings is 1. The zero-order valence-electron chi connectivity index (χ0n) is 12.1. The Kier molecular flexibility index (Phi) is 4.36. The van der Waals surface area contributed by atoms with E-state index in [4.69, 9.17) is 15.7 Å². The van der Waals surface area contributed by atoms with Gasteiger partial charge in [0.25, 0.3) is 0 Å². The van der Waals surface area contributed by atoms with Crippen LogP contribution in [0.25, 0.3) is 0 Å². The fourth-order valence-corrected chi connectivity index (χ4v) is 3.37. The second-order valence-corrected chi connectivity index (χ2v) is 5.77. The average Bonchev–Trinajstić information content (AvgIpc) is 2.55. The van der Waals surface area contributed by atoms with Gasteiger partial charge in [0.2, 0.25) is 0 Å². The van der Waals surface area contributed by atoms with E-state index in [0.29, 0.717) is 17.8 Å². The molecule has 0 spiro atoms. The van der Waals surface area contributed by atoms with Crippen LogP contribution in [-0.4, -0.2) is 46.2 Å². The van der Waals surface area contributed by atoms with Crippen molar-refractivity contribution in [2.75, 3.05) is 13.2 Å². The van der Waals surface area contributed by atoms with E-state index in [1.165, 1.54) is 25.7 Å². The van der Waals surface area contributed by atoms with Gasteiger partial charge in [0.15, 0.2) is 5.84 Å². The van der Waals surface area contributed by atoms with Crippen molar-refractivity contribution in [2.45, 2.75) is 44.4 Å². The molecule has 1 saturated carbocycles. The van der Waals surface area contributed by atoms with Crippen LogP contribution in [0.5, 0.6) is 0 Å². The van der Waals surface area contributed by atoms with E-state index in [9.17, 15) is 0 Å². The van der Waals surface area contributed by atoms with E-state index in [-0.39, 0.29) is 5.84 Å². The minimum atomic E-state index is 0.0503. The Bertz CT molecular complexity index is 518. The highest BCUT2D eigenvalue weighted by Gasteiger charge is 2.33. The van der Waals surface area contributed by atoms with Crippen LogP contribution in [0.4, 0.5) is 0 Å². The second kappa shape index (κ2) is 6.41. The molecule has 0 aromatic carbocycles. The molecule has 6 nitrogen and oxygen atoms in total. The van der Waals surface area contributed by atoms with Crippen LogP contribution in [0.2, 0.25) is 0 Å². The molecule has 1 aromatic rings. The molecular formula is C15H22N4O2. The summed E-state index contributed by atoms with van der Waals surface area (Å²) in [4.78, 5) is 6.62. The molecule has 21 heavy (non-hydrogen) atoms. The lowest BCUT2D eigenvalue weighted by atomic mass is 9.90. The summed E-state index contributed by atoms with van der Waals surface area (Å²) in [6.07, 6.45) is 7.04. The molecule has 0 amide bonds. The molecule has 2 unspecified atom stereocenters. The second-order valence-electron chi connectivity index (χ2n) is 5.77. The van der Waals surface area contributed by atoms with Gasteiger partial charge in [0.05, 0.1) is 12.7 Å². The molecule has 2 aliphatic rings. The number of oxime groups is 1. The monoisotopic (exact) mass is 290 g/mol. The molecule has 1 aliphatic carbocycles. The Morgan fingerprint density at radius 1 is 1.48 bits per heavy atom. The fourth-order valence-electron chi connectivity index (χ4n) is 3.37. The van der Waals surface area contributed by atoms with Crippen molar-refractivity contribution >= 4 is 5.84 Å². The number of amidine groups is 1. The predicted molar refractivity (Wildman–Crippen MR) is 79.2 cm³/mol. The molecular weight excluding hydrogens is 268 g/mol. The van der Waals surface area contributed by atoms with E-state index < -0.39 is 0 Å². The number of nitrogens with zero attached hydrogens (tertiary/aromatic N) is 3. The molecule has 2 heterocycles. The van der Waals surface area contributed by atoms with Crippen molar-refractivity contribution in [1.29, 1.82) is 0 Å². The zero-order chi connectivity index (χ0) is 14.7. The van der Waals surface area contributed by atoms with E-state index in [1.54, 1.807) is 6.20 Å². The average molecular weight is 290 g/mol. The summed E-state index contributed by atoms with van der Waals surface area (Å²) < 4.78 is 5.90. The molecule has 1 saturated heterocycles. The number of nitrogens with two attached hydrogens (primary N) is 1. The zero-order valence-corrected chi connectivity index (χ0v) is 12.1. The van der Waals surface area contributed by atoms with E-state index in [2.05, 4.69) is 15.0 Å². The normalized spacial score (nSPS) is 27.3. The van der Waals surface area contributed by atoms with Crippen molar-refractivity contribution in [1.82, 2.24) is 9.88 Å². The summed E-state index contributed by atoms with van der Waals surface area (Å²) in [5.41, 5.74) is 7.26. The number of ether oxygens (including phenoxy) is 1. The van der Waals surface area contributed by atoms with Crippen LogP contribution in [0, 0.1) is 0 Å². The van der Waals surface area contributed by atoms with Gasteiger partial charge in [0, 0.05) is 25.3 Å². The Morgan fingerprint density at radius 3 is 3.19 bits per heavy atom. The molecule has 6 heteroatoms. The summed E-state index contributed by atoms with van der Waals surface area (Å²) in [6, 6.07) is 4.40. The van der Waals surface area contributed by atoms with Crippen LogP contribution in [0.1, 0.15) is 36.9 Å². The first kappa shape index (κ1) is 14.3. The van der Waals surface area contributed by atoms with Crippen molar-refractivity contribution in [3.63, 3.8) is 0 Å². The van der Waals surface area contributed by atoms with Gasteiger partial charge in [-0.1, -0.05) is 18.0 Å². The Hall–Kier alpha value is -1.66. The van der Waals surface area contributed by atoms with Crippen LogP contribution >= 0.6 is 0 Å². The first-order chi connectivity index (χ1) is 10.3. The number of hydrogen-bond donors (Lipinski definition) is 2. The highest BCUT2D eigenvalue weighted by molar-refractivity contribution is 5.95. The third kappa shape index (κ3) is 3.16. The first-order valence-electron chi connectivity index (χ1n) is 7.56. The molecule has 3 N–H and O–H groups in total.